The molecule has 1 heterocycles. The van der Waals surface area contributed by atoms with Crippen LogP contribution in [0.25, 0.3) is 0 Å². The number of nitrogens with one attached hydrogen (secondary N) is 1. The molecule has 4 nitrogen and oxygen atoms in total. The van der Waals surface area contributed by atoms with E-state index in [2.05, 4.69) is 10.4 Å². The Morgan fingerprint density at radius 1 is 1.62 bits per heavy atom. The smallest absolute Gasteiger partial charge is 0.269 e. The average molecular weight is 242 g/mol. The summed E-state index contributed by atoms with van der Waals surface area (Å²) in [4.78, 5) is 11.9. The van der Waals surface area contributed by atoms with E-state index in [-0.39, 0.29) is 17.3 Å². The van der Waals surface area contributed by atoms with E-state index in [9.17, 15) is 4.79 Å². The topological polar surface area (TPSA) is 46.9 Å². The molecule has 2 unspecified atom stereocenters. The number of hydrogen-bond donors (Lipinski definition) is 1. The Labute approximate surface area is 100.0 Å². The molecule has 1 aliphatic rings. The number of alkyl halides is 1. The van der Waals surface area contributed by atoms with E-state index in [0.717, 1.165) is 25.0 Å². The average Bonchev–Trinajstić information content (AvgIpc) is 2.74. The van der Waals surface area contributed by atoms with Crippen LogP contribution in [-0.2, 0) is 7.05 Å². The van der Waals surface area contributed by atoms with Crippen LogP contribution in [0.3, 0.4) is 0 Å². The molecule has 88 valence electrons. The number of aryl methyl sites for hydroxylation is 2. The normalized spacial score (nSPS) is 24.7. The second kappa shape index (κ2) is 4.45. The third-order valence-corrected chi connectivity index (χ3v) is 3.51. The first-order valence-electron chi connectivity index (χ1n) is 5.53. The summed E-state index contributed by atoms with van der Waals surface area (Å²) in [6.45, 7) is 1.87. The summed E-state index contributed by atoms with van der Waals surface area (Å²) in [5, 5.41) is 7.18. The molecule has 2 atom stereocenters. The van der Waals surface area contributed by atoms with Gasteiger partial charge < -0.3 is 5.32 Å². The van der Waals surface area contributed by atoms with Gasteiger partial charge in [0.05, 0.1) is 11.1 Å². The molecule has 1 N–H and O–H groups in total. The van der Waals surface area contributed by atoms with E-state index in [4.69, 9.17) is 11.6 Å². The summed E-state index contributed by atoms with van der Waals surface area (Å²) in [6, 6.07) is 1.89. The molecule has 0 aromatic carbocycles. The maximum Gasteiger partial charge on any atom is 0.269 e. The zero-order valence-corrected chi connectivity index (χ0v) is 10.3. The third-order valence-electron chi connectivity index (χ3n) is 2.98. The van der Waals surface area contributed by atoms with E-state index < -0.39 is 0 Å². The van der Waals surface area contributed by atoms with Crippen molar-refractivity contribution in [1.29, 1.82) is 0 Å². The molecule has 0 aliphatic heterocycles. The van der Waals surface area contributed by atoms with Gasteiger partial charge in [-0.05, 0) is 32.3 Å². The highest BCUT2D eigenvalue weighted by Gasteiger charge is 2.27. The maximum absolute atomic E-state index is 11.9. The Morgan fingerprint density at radius 2 is 2.38 bits per heavy atom. The summed E-state index contributed by atoms with van der Waals surface area (Å²) in [5.41, 5.74) is 1.44. The quantitative estimate of drug-likeness (QED) is 0.800. The lowest BCUT2D eigenvalue weighted by atomic mass is 10.2. The molecule has 1 aromatic rings. The molecule has 0 spiro atoms. The fourth-order valence-electron chi connectivity index (χ4n) is 2.14. The molecule has 2 rings (SSSR count). The standard InChI is InChI=1S/C11H16ClN3O/c1-7-6-10(15(2)14-7)11(16)13-9-5-3-4-8(9)12/h6,8-9H,3-5H2,1-2H3,(H,13,16). The first kappa shape index (κ1) is 11.5. The van der Waals surface area contributed by atoms with Crippen LogP contribution in [0.1, 0.15) is 35.4 Å². The Kier molecular flexibility index (Phi) is 3.19. The first-order valence-corrected chi connectivity index (χ1v) is 5.97. The van der Waals surface area contributed by atoms with Gasteiger partial charge in [0.1, 0.15) is 5.69 Å². The summed E-state index contributed by atoms with van der Waals surface area (Å²) in [6.07, 6.45) is 3.04. The number of amides is 1. The molecule has 16 heavy (non-hydrogen) atoms. The highest BCUT2D eigenvalue weighted by Crippen LogP contribution is 2.24. The van der Waals surface area contributed by atoms with Gasteiger partial charge in [0.15, 0.2) is 0 Å². The largest absolute Gasteiger partial charge is 0.346 e. The monoisotopic (exact) mass is 241 g/mol. The molecule has 5 heteroatoms. The highest BCUT2D eigenvalue weighted by atomic mass is 35.5. The predicted molar refractivity (Wildman–Crippen MR) is 62.7 cm³/mol. The Hall–Kier alpha value is -1.03. The maximum atomic E-state index is 11.9. The molecular weight excluding hydrogens is 226 g/mol. The van der Waals surface area contributed by atoms with Crippen LogP contribution in [0.5, 0.6) is 0 Å². The van der Waals surface area contributed by atoms with Gasteiger partial charge >= 0.3 is 0 Å². The second-order valence-corrected chi connectivity index (χ2v) is 4.88. The Morgan fingerprint density at radius 3 is 2.88 bits per heavy atom. The lowest BCUT2D eigenvalue weighted by Crippen LogP contribution is -2.38. The van der Waals surface area contributed by atoms with Crippen LogP contribution in [0.2, 0.25) is 0 Å². The third kappa shape index (κ3) is 2.21. The van der Waals surface area contributed by atoms with Gasteiger partial charge in [-0.3, -0.25) is 9.48 Å². The molecule has 0 radical (unpaired) electrons. The van der Waals surface area contributed by atoms with Crippen LogP contribution in [0, 0.1) is 6.92 Å². The van der Waals surface area contributed by atoms with Crippen LogP contribution < -0.4 is 5.32 Å². The molecule has 1 aromatic heterocycles. The summed E-state index contributed by atoms with van der Waals surface area (Å²) >= 11 is 6.12. The van der Waals surface area contributed by atoms with E-state index in [1.807, 2.05) is 6.92 Å². The van der Waals surface area contributed by atoms with Crippen LogP contribution in [0.15, 0.2) is 6.07 Å². The molecule has 1 amide bonds. The Balaban J connectivity index is 2.05. The number of aromatic nitrogens is 2. The van der Waals surface area contributed by atoms with Gasteiger partial charge in [0, 0.05) is 13.1 Å². The number of carbonyl (C=O) groups is 1. The molecule has 1 aliphatic carbocycles. The summed E-state index contributed by atoms with van der Waals surface area (Å²) in [5.74, 6) is -0.0827. The van der Waals surface area contributed by atoms with Crippen molar-refractivity contribution in [3.8, 4) is 0 Å². The summed E-state index contributed by atoms with van der Waals surface area (Å²) < 4.78 is 1.60. The fraction of sp³-hybridized carbons (Fsp3) is 0.636. The van der Waals surface area contributed by atoms with Crippen molar-refractivity contribution in [2.24, 2.45) is 7.05 Å². The molecule has 1 fully saturated rings. The van der Waals surface area contributed by atoms with Crippen molar-refractivity contribution in [2.75, 3.05) is 0 Å². The molecule has 0 saturated heterocycles. The zero-order chi connectivity index (χ0) is 11.7. The van der Waals surface area contributed by atoms with E-state index in [0.29, 0.717) is 5.69 Å². The van der Waals surface area contributed by atoms with Crippen molar-refractivity contribution in [2.45, 2.75) is 37.6 Å². The van der Waals surface area contributed by atoms with E-state index in [1.54, 1.807) is 17.8 Å². The van der Waals surface area contributed by atoms with Crippen LogP contribution in [0.4, 0.5) is 0 Å². The summed E-state index contributed by atoms with van der Waals surface area (Å²) in [7, 11) is 1.77. The minimum Gasteiger partial charge on any atom is -0.346 e. The van der Waals surface area contributed by atoms with Crippen molar-refractivity contribution in [3.05, 3.63) is 17.5 Å². The SMILES string of the molecule is Cc1cc(C(=O)NC2CCCC2Cl)n(C)n1. The number of carbonyl (C=O) groups excluding carboxylic acids is 1. The first-order chi connectivity index (χ1) is 7.58. The van der Waals surface area contributed by atoms with Gasteiger partial charge in [0.25, 0.3) is 5.91 Å². The zero-order valence-electron chi connectivity index (χ0n) is 9.53. The highest BCUT2D eigenvalue weighted by molar-refractivity contribution is 6.21. The van der Waals surface area contributed by atoms with Gasteiger partial charge in [-0.25, -0.2) is 0 Å². The van der Waals surface area contributed by atoms with Gasteiger partial charge in [-0.2, -0.15) is 5.10 Å². The second-order valence-electron chi connectivity index (χ2n) is 4.32. The van der Waals surface area contributed by atoms with E-state index in [1.165, 1.54) is 0 Å². The number of nitrogens with zero attached hydrogens (tertiary/aromatic N) is 2. The van der Waals surface area contributed by atoms with Crippen molar-refractivity contribution >= 4 is 17.5 Å². The van der Waals surface area contributed by atoms with Crippen molar-refractivity contribution in [1.82, 2.24) is 15.1 Å². The molecule has 0 bridgehead atoms. The fourth-order valence-corrected chi connectivity index (χ4v) is 2.49. The van der Waals surface area contributed by atoms with Crippen LogP contribution >= 0.6 is 11.6 Å². The van der Waals surface area contributed by atoms with Crippen molar-refractivity contribution < 1.29 is 4.79 Å². The molecular formula is C11H16ClN3O. The minimum absolute atomic E-state index is 0.0678. The van der Waals surface area contributed by atoms with Gasteiger partial charge in [0.2, 0.25) is 0 Å². The van der Waals surface area contributed by atoms with Crippen LogP contribution in [-0.4, -0.2) is 27.1 Å². The van der Waals surface area contributed by atoms with E-state index >= 15 is 0 Å². The lowest BCUT2D eigenvalue weighted by molar-refractivity contribution is 0.0929. The minimum atomic E-state index is -0.0827. The number of rotatable bonds is 2. The van der Waals surface area contributed by atoms with Gasteiger partial charge in [-0.15, -0.1) is 11.6 Å². The number of halogens is 1. The molecule has 1 saturated carbocycles. The predicted octanol–water partition coefficient (Wildman–Crippen LogP) is 1.62. The van der Waals surface area contributed by atoms with Gasteiger partial charge in [-0.1, -0.05) is 0 Å². The number of hydrogen-bond acceptors (Lipinski definition) is 2. The van der Waals surface area contributed by atoms with Crippen molar-refractivity contribution in [3.63, 3.8) is 0 Å². The lowest BCUT2D eigenvalue weighted by Gasteiger charge is -2.15. The Bertz CT molecular complexity index is 402.